The topological polar surface area (TPSA) is 78.4 Å². The number of amides is 2. The van der Waals surface area contributed by atoms with Crippen molar-refractivity contribution in [3.63, 3.8) is 0 Å². The van der Waals surface area contributed by atoms with Gasteiger partial charge in [0.25, 0.3) is 0 Å². The molecule has 0 bridgehead atoms. The van der Waals surface area contributed by atoms with Gasteiger partial charge in [-0.2, -0.15) is 11.8 Å². The SMILES string of the molecule is O=C(NCc1ccc(C(=O)O)cc1)NCC1CCCS1. The van der Waals surface area contributed by atoms with E-state index < -0.39 is 5.97 Å². The average molecular weight is 294 g/mol. The van der Waals surface area contributed by atoms with Gasteiger partial charge in [-0.3, -0.25) is 0 Å². The highest BCUT2D eigenvalue weighted by molar-refractivity contribution is 8.00. The summed E-state index contributed by atoms with van der Waals surface area (Å²) in [6.45, 7) is 1.10. The monoisotopic (exact) mass is 294 g/mol. The number of thioether (sulfide) groups is 1. The van der Waals surface area contributed by atoms with Gasteiger partial charge in [0.2, 0.25) is 0 Å². The van der Waals surface area contributed by atoms with Crippen molar-refractivity contribution in [3.8, 4) is 0 Å². The van der Waals surface area contributed by atoms with Crippen LogP contribution in [0.25, 0.3) is 0 Å². The van der Waals surface area contributed by atoms with E-state index in [0.717, 1.165) is 5.56 Å². The van der Waals surface area contributed by atoms with Crippen molar-refractivity contribution in [2.24, 2.45) is 0 Å². The lowest BCUT2D eigenvalue weighted by molar-refractivity contribution is 0.0697. The Balaban J connectivity index is 1.70. The molecule has 2 amide bonds. The molecule has 1 heterocycles. The third-order valence-electron chi connectivity index (χ3n) is 3.17. The summed E-state index contributed by atoms with van der Waals surface area (Å²) in [5, 5.41) is 14.9. The molecule has 6 heteroatoms. The van der Waals surface area contributed by atoms with Crippen molar-refractivity contribution in [2.45, 2.75) is 24.6 Å². The van der Waals surface area contributed by atoms with E-state index in [2.05, 4.69) is 10.6 Å². The van der Waals surface area contributed by atoms with E-state index in [-0.39, 0.29) is 11.6 Å². The highest BCUT2D eigenvalue weighted by Crippen LogP contribution is 2.25. The highest BCUT2D eigenvalue weighted by Gasteiger charge is 2.15. The van der Waals surface area contributed by atoms with Crippen molar-refractivity contribution < 1.29 is 14.7 Å². The smallest absolute Gasteiger partial charge is 0.335 e. The minimum absolute atomic E-state index is 0.181. The predicted octanol–water partition coefficient (Wildman–Crippen LogP) is 2.08. The lowest BCUT2D eigenvalue weighted by Gasteiger charge is -2.11. The van der Waals surface area contributed by atoms with Crippen LogP contribution in [0.1, 0.15) is 28.8 Å². The van der Waals surface area contributed by atoms with Crippen LogP contribution in [0.2, 0.25) is 0 Å². The van der Waals surface area contributed by atoms with Crippen LogP contribution in [-0.2, 0) is 6.54 Å². The van der Waals surface area contributed by atoms with Crippen LogP contribution >= 0.6 is 11.8 Å². The molecule has 1 saturated heterocycles. The van der Waals surface area contributed by atoms with E-state index in [0.29, 0.717) is 18.3 Å². The normalized spacial score (nSPS) is 17.7. The quantitative estimate of drug-likeness (QED) is 0.777. The number of hydrogen-bond donors (Lipinski definition) is 3. The van der Waals surface area contributed by atoms with Gasteiger partial charge >= 0.3 is 12.0 Å². The van der Waals surface area contributed by atoms with Gasteiger partial charge in [0.15, 0.2) is 0 Å². The molecule has 108 valence electrons. The van der Waals surface area contributed by atoms with E-state index in [4.69, 9.17) is 5.11 Å². The summed E-state index contributed by atoms with van der Waals surface area (Å²) in [5.41, 5.74) is 1.12. The number of aromatic carboxylic acids is 1. The molecule has 1 atom stereocenters. The van der Waals surface area contributed by atoms with Crippen LogP contribution in [-0.4, -0.2) is 34.7 Å². The van der Waals surface area contributed by atoms with E-state index in [9.17, 15) is 9.59 Å². The number of carbonyl (C=O) groups is 2. The van der Waals surface area contributed by atoms with Crippen LogP contribution < -0.4 is 10.6 Å². The fraction of sp³-hybridized carbons (Fsp3) is 0.429. The number of hydrogen-bond acceptors (Lipinski definition) is 3. The van der Waals surface area contributed by atoms with Gasteiger partial charge in [-0.1, -0.05) is 12.1 Å². The lowest BCUT2D eigenvalue weighted by atomic mass is 10.1. The summed E-state index contributed by atoms with van der Waals surface area (Å²) in [6, 6.07) is 6.30. The molecule has 2 rings (SSSR count). The van der Waals surface area contributed by atoms with E-state index >= 15 is 0 Å². The van der Waals surface area contributed by atoms with Crippen molar-refractivity contribution in [3.05, 3.63) is 35.4 Å². The van der Waals surface area contributed by atoms with Gasteiger partial charge in [-0.05, 0) is 36.3 Å². The summed E-state index contributed by atoms with van der Waals surface area (Å²) in [7, 11) is 0. The molecule has 0 saturated carbocycles. The standard InChI is InChI=1S/C14H18N2O3S/c17-13(18)11-5-3-10(4-6-11)8-15-14(19)16-9-12-2-1-7-20-12/h3-6,12H,1-2,7-9H2,(H,17,18)(H2,15,16,19). The maximum absolute atomic E-state index is 11.6. The first-order valence-electron chi connectivity index (χ1n) is 6.60. The summed E-state index contributed by atoms with van der Waals surface area (Å²) in [4.78, 5) is 22.3. The second kappa shape index (κ2) is 7.19. The lowest BCUT2D eigenvalue weighted by Crippen LogP contribution is -2.38. The largest absolute Gasteiger partial charge is 0.478 e. The number of carboxylic acids is 1. The van der Waals surface area contributed by atoms with Gasteiger partial charge in [0, 0.05) is 18.3 Å². The van der Waals surface area contributed by atoms with Gasteiger partial charge < -0.3 is 15.7 Å². The number of carboxylic acid groups (broad SMARTS) is 1. The molecule has 1 fully saturated rings. The molecule has 3 N–H and O–H groups in total. The Labute approximate surface area is 122 Å². The summed E-state index contributed by atoms with van der Waals surface area (Å²) in [5.74, 6) is 0.237. The molecule has 1 aliphatic rings. The molecule has 1 aromatic rings. The molecule has 0 aliphatic carbocycles. The predicted molar refractivity (Wildman–Crippen MR) is 79.1 cm³/mol. The maximum atomic E-state index is 11.6. The van der Waals surface area contributed by atoms with Gasteiger partial charge in [-0.15, -0.1) is 0 Å². The second-order valence-electron chi connectivity index (χ2n) is 4.70. The van der Waals surface area contributed by atoms with Crippen LogP contribution in [0.4, 0.5) is 4.79 Å². The number of urea groups is 1. The first-order valence-corrected chi connectivity index (χ1v) is 7.65. The second-order valence-corrected chi connectivity index (χ2v) is 6.11. The van der Waals surface area contributed by atoms with Gasteiger partial charge in [0.1, 0.15) is 0 Å². The van der Waals surface area contributed by atoms with Crippen LogP contribution in [0, 0.1) is 0 Å². The molecule has 1 unspecified atom stereocenters. The zero-order valence-corrected chi connectivity index (χ0v) is 11.9. The van der Waals surface area contributed by atoms with Crippen LogP contribution in [0.15, 0.2) is 24.3 Å². The Morgan fingerprint density at radius 1 is 1.25 bits per heavy atom. The molecule has 20 heavy (non-hydrogen) atoms. The van der Waals surface area contributed by atoms with Crippen molar-refractivity contribution in [1.82, 2.24) is 10.6 Å². The van der Waals surface area contributed by atoms with Gasteiger partial charge in [0.05, 0.1) is 5.56 Å². The molecule has 0 spiro atoms. The van der Waals surface area contributed by atoms with Crippen LogP contribution in [0.3, 0.4) is 0 Å². The third kappa shape index (κ3) is 4.45. The molecule has 5 nitrogen and oxygen atoms in total. The van der Waals surface area contributed by atoms with Crippen molar-refractivity contribution >= 4 is 23.8 Å². The van der Waals surface area contributed by atoms with Crippen molar-refractivity contribution in [2.75, 3.05) is 12.3 Å². The summed E-state index contributed by atoms with van der Waals surface area (Å²) in [6.07, 6.45) is 2.40. The minimum atomic E-state index is -0.948. The van der Waals surface area contributed by atoms with Crippen molar-refractivity contribution in [1.29, 1.82) is 0 Å². The maximum Gasteiger partial charge on any atom is 0.335 e. The highest BCUT2D eigenvalue weighted by atomic mass is 32.2. The minimum Gasteiger partial charge on any atom is -0.478 e. The molecular formula is C14H18N2O3S. The Kier molecular flexibility index (Phi) is 5.29. The molecule has 0 aromatic heterocycles. The first kappa shape index (κ1) is 14.7. The van der Waals surface area contributed by atoms with E-state index in [1.807, 2.05) is 11.8 Å². The molecule has 1 aromatic carbocycles. The Morgan fingerprint density at radius 3 is 2.60 bits per heavy atom. The Hall–Kier alpha value is -1.69. The Bertz CT molecular complexity index is 470. The molecular weight excluding hydrogens is 276 g/mol. The summed E-state index contributed by atoms with van der Waals surface area (Å²) >= 11 is 1.91. The zero-order valence-electron chi connectivity index (χ0n) is 11.1. The Morgan fingerprint density at radius 2 is 2.00 bits per heavy atom. The zero-order chi connectivity index (χ0) is 14.4. The first-order chi connectivity index (χ1) is 9.65. The van der Waals surface area contributed by atoms with E-state index in [1.165, 1.54) is 30.7 Å². The molecule has 0 radical (unpaired) electrons. The fourth-order valence-electron chi connectivity index (χ4n) is 2.02. The average Bonchev–Trinajstić information content (AvgIpc) is 2.96. The third-order valence-corrected chi connectivity index (χ3v) is 4.57. The van der Waals surface area contributed by atoms with Gasteiger partial charge in [-0.25, -0.2) is 9.59 Å². The number of rotatable bonds is 5. The summed E-state index contributed by atoms with van der Waals surface area (Å²) < 4.78 is 0. The molecule has 1 aliphatic heterocycles. The number of nitrogens with one attached hydrogen (secondary N) is 2. The fourth-order valence-corrected chi connectivity index (χ4v) is 3.22. The number of carbonyl (C=O) groups excluding carboxylic acids is 1. The van der Waals surface area contributed by atoms with Crippen LogP contribution in [0.5, 0.6) is 0 Å². The number of benzene rings is 1. The van der Waals surface area contributed by atoms with E-state index in [1.54, 1.807) is 12.1 Å².